The van der Waals surface area contributed by atoms with E-state index in [1.54, 1.807) is 23.5 Å². The molecule has 0 aromatic carbocycles. The van der Waals surface area contributed by atoms with E-state index in [2.05, 4.69) is 19.9 Å². The summed E-state index contributed by atoms with van der Waals surface area (Å²) in [5.41, 5.74) is 2.38. The molecule has 0 bridgehead atoms. The van der Waals surface area contributed by atoms with E-state index in [1.807, 2.05) is 13.0 Å². The Bertz CT molecular complexity index is 665. The maximum absolute atomic E-state index is 12.4. The minimum atomic E-state index is -0.0708. The van der Waals surface area contributed by atoms with Crippen LogP contribution in [0.3, 0.4) is 0 Å². The average Bonchev–Trinajstić information content (AvgIpc) is 2.60. The first-order valence-electron chi connectivity index (χ1n) is 7.67. The quantitative estimate of drug-likeness (QED) is 0.839. The molecule has 0 radical (unpaired) electrons. The first kappa shape index (κ1) is 15.5. The number of morpholine rings is 1. The average molecular weight is 313 g/mol. The lowest BCUT2D eigenvalue weighted by Gasteiger charge is -2.32. The highest BCUT2D eigenvalue weighted by Gasteiger charge is 2.25. The number of hydrogen-bond acceptors (Lipinski definition) is 6. The predicted molar refractivity (Wildman–Crippen MR) is 82.8 cm³/mol. The van der Waals surface area contributed by atoms with Gasteiger partial charge < -0.3 is 9.64 Å². The topological polar surface area (TPSA) is 81.1 Å². The SMILES string of the molecule is Cc1cc(CC[C@@H]2CN(C(=O)c3ccncn3)CCO2)ncn1. The highest BCUT2D eigenvalue weighted by atomic mass is 16.5. The largest absolute Gasteiger partial charge is 0.375 e. The summed E-state index contributed by atoms with van der Waals surface area (Å²) < 4.78 is 5.78. The van der Waals surface area contributed by atoms with Gasteiger partial charge in [0.25, 0.3) is 5.91 Å². The van der Waals surface area contributed by atoms with Crippen LogP contribution in [0.25, 0.3) is 0 Å². The van der Waals surface area contributed by atoms with Crippen LogP contribution >= 0.6 is 0 Å². The van der Waals surface area contributed by atoms with Gasteiger partial charge in [-0.3, -0.25) is 4.79 Å². The number of rotatable bonds is 4. The molecule has 0 N–H and O–H groups in total. The Labute approximate surface area is 134 Å². The Morgan fingerprint density at radius 2 is 2.26 bits per heavy atom. The summed E-state index contributed by atoms with van der Waals surface area (Å²) in [4.78, 5) is 30.4. The standard InChI is InChI=1S/C16H19N5O2/c1-12-8-13(19-11-18-12)2-3-14-9-21(6-7-23-14)16(22)15-4-5-17-10-20-15/h4-5,8,10-11,14H,2-3,6-7,9H2,1H3/t14-/m1/s1. The molecule has 1 aliphatic heterocycles. The summed E-state index contributed by atoms with van der Waals surface area (Å²) in [7, 11) is 0. The zero-order valence-electron chi connectivity index (χ0n) is 13.1. The van der Waals surface area contributed by atoms with Crippen LogP contribution in [0.4, 0.5) is 0 Å². The third-order valence-electron chi connectivity index (χ3n) is 3.81. The summed E-state index contributed by atoms with van der Waals surface area (Å²) in [5, 5.41) is 0. The van der Waals surface area contributed by atoms with E-state index in [0.717, 1.165) is 24.2 Å². The van der Waals surface area contributed by atoms with Crippen LogP contribution < -0.4 is 0 Å². The van der Waals surface area contributed by atoms with Gasteiger partial charge in [-0.05, 0) is 31.9 Å². The smallest absolute Gasteiger partial charge is 0.272 e. The lowest BCUT2D eigenvalue weighted by Crippen LogP contribution is -2.46. The molecule has 1 saturated heterocycles. The number of nitrogens with zero attached hydrogens (tertiary/aromatic N) is 5. The molecular formula is C16H19N5O2. The molecule has 2 aromatic heterocycles. The summed E-state index contributed by atoms with van der Waals surface area (Å²) in [6, 6.07) is 3.61. The molecule has 1 aliphatic rings. The number of carbonyl (C=O) groups is 1. The van der Waals surface area contributed by atoms with E-state index in [1.165, 1.54) is 6.33 Å². The van der Waals surface area contributed by atoms with Gasteiger partial charge in [0.15, 0.2) is 0 Å². The fraction of sp³-hybridized carbons (Fsp3) is 0.438. The van der Waals surface area contributed by atoms with E-state index in [4.69, 9.17) is 4.74 Å². The van der Waals surface area contributed by atoms with Gasteiger partial charge in [-0.25, -0.2) is 19.9 Å². The Kier molecular flexibility index (Phi) is 4.87. The van der Waals surface area contributed by atoms with E-state index in [9.17, 15) is 4.79 Å². The first-order chi connectivity index (χ1) is 11.2. The van der Waals surface area contributed by atoms with Gasteiger partial charge in [-0.15, -0.1) is 0 Å². The Hall–Kier alpha value is -2.41. The molecule has 3 rings (SSSR count). The second kappa shape index (κ2) is 7.23. The van der Waals surface area contributed by atoms with Crippen LogP contribution in [-0.4, -0.2) is 56.5 Å². The molecule has 0 aliphatic carbocycles. The van der Waals surface area contributed by atoms with Crippen molar-refractivity contribution in [3.05, 3.63) is 48.1 Å². The van der Waals surface area contributed by atoms with Crippen molar-refractivity contribution in [3.8, 4) is 0 Å². The Balaban J connectivity index is 1.57. The number of carbonyl (C=O) groups excluding carboxylic acids is 1. The van der Waals surface area contributed by atoms with E-state index in [-0.39, 0.29) is 12.0 Å². The highest BCUT2D eigenvalue weighted by molar-refractivity contribution is 5.92. The van der Waals surface area contributed by atoms with Gasteiger partial charge in [0.05, 0.1) is 12.7 Å². The van der Waals surface area contributed by atoms with Gasteiger partial charge in [0.2, 0.25) is 0 Å². The zero-order valence-corrected chi connectivity index (χ0v) is 13.1. The summed E-state index contributed by atoms with van der Waals surface area (Å²) in [5.74, 6) is -0.0708. The lowest BCUT2D eigenvalue weighted by molar-refractivity contribution is -0.0248. The number of aryl methyl sites for hydroxylation is 2. The van der Waals surface area contributed by atoms with Gasteiger partial charge in [-0.1, -0.05) is 0 Å². The summed E-state index contributed by atoms with van der Waals surface area (Å²) in [6.45, 7) is 3.66. The number of ether oxygens (including phenoxy) is 1. The fourth-order valence-corrected chi connectivity index (χ4v) is 2.61. The monoisotopic (exact) mass is 313 g/mol. The van der Waals surface area contributed by atoms with Crippen LogP contribution in [0.1, 0.15) is 28.3 Å². The van der Waals surface area contributed by atoms with Crippen LogP contribution in [0.2, 0.25) is 0 Å². The molecule has 3 heterocycles. The van der Waals surface area contributed by atoms with Crippen molar-refractivity contribution >= 4 is 5.91 Å². The van der Waals surface area contributed by atoms with Gasteiger partial charge in [0, 0.05) is 30.7 Å². The molecule has 0 spiro atoms. The third kappa shape index (κ3) is 4.07. The van der Waals surface area contributed by atoms with Crippen molar-refractivity contribution < 1.29 is 9.53 Å². The molecule has 1 atom stereocenters. The molecule has 0 unspecified atom stereocenters. The zero-order chi connectivity index (χ0) is 16.1. The van der Waals surface area contributed by atoms with Gasteiger partial charge in [0.1, 0.15) is 18.3 Å². The second-order valence-electron chi connectivity index (χ2n) is 5.53. The molecule has 7 nitrogen and oxygen atoms in total. The molecule has 7 heteroatoms. The van der Waals surface area contributed by atoms with Crippen molar-refractivity contribution in [1.29, 1.82) is 0 Å². The van der Waals surface area contributed by atoms with E-state index >= 15 is 0 Å². The minimum absolute atomic E-state index is 0.0183. The van der Waals surface area contributed by atoms with Crippen molar-refractivity contribution in [2.45, 2.75) is 25.9 Å². The van der Waals surface area contributed by atoms with Crippen LogP contribution in [0, 0.1) is 6.92 Å². The first-order valence-corrected chi connectivity index (χ1v) is 7.67. The number of aromatic nitrogens is 4. The number of hydrogen-bond donors (Lipinski definition) is 0. The minimum Gasteiger partial charge on any atom is -0.375 e. The molecule has 1 amide bonds. The Morgan fingerprint density at radius 1 is 1.35 bits per heavy atom. The fourth-order valence-electron chi connectivity index (χ4n) is 2.61. The second-order valence-corrected chi connectivity index (χ2v) is 5.53. The van der Waals surface area contributed by atoms with E-state index in [0.29, 0.717) is 25.4 Å². The maximum atomic E-state index is 12.4. The highest BCUT2D eigenvalue weighted by Crippen LogP contribution is 2.13. The molecule has 120 valence electrons. The van der Waals surface area contributed by atoms with E-state index < -0.39 is 0 Å². The molecule has 0 saturated carbocycles. The molecule has 2 aromatic rings. The van der Waals surface area contributed by atoms with Crippen LogP contribution in [0.5, 0.6) is 0 Å². The summed E-state index contributed by atoms with van der Waals surface area (Å²) >= 11 is 0. The summed E-state index contributed by atoms with van der Waals surface area (Å²) in [6.07, 6.45) is 6.20. The van der Waals surface area contributed by atoms with Crippen LogP contribution in [0.15, 0.2) is 31.0 Å². The molecular weight excluding hydrogens is 294 g/mol. The van der Waals surface area contributed by atoms with Crippen molar-refractivity contribution in [2.24, 2.45) is 0 Å². The van der Waals surface area contributed by atoms with Gasteiger partial charge >= 0.3 is 0 Å². The van der Waals surface area contributed by atoms with Crippen molar-refractivity contribution in [2.75, 3.05) is 19.7 Å². The van der Waals surface area contributed by atoms with Crippen LogP contribution in [-0.2, 0) is 11.2 Å². The lowest BCUT2D eigenvalue weighted by atomic mass is 10.1. The van der Waals surface area contributed by atoms with Crippen molar-refractivity contribution in [1.82, 2.24) is 24.8 Å². The van der Waals surface area contributed by atoms with Gasteiger partial charge in [-0.2, -0.15) is 0 Å². The molecule has 1 fully saturated rings. The van der Waals surface area contributed by atoms with Crippen molar-refractivity contribution in [3.63, 3.8) is 0 Å². The normalized spacial score (nSPS) is 18.0. The Morgan fingerprint density at radius 3 is 3.04 bits per heavy atom. The third-order valence-corrected chi connectivity index (χ3v) is 3.81. The predicted octanol–water partition coefficient (Wildman–Crippen LogP) is 1.05. The number of amides is 1. The maximum Gasteiger partial charge on any atom is 0.272 e. The molecule has 23 heavy (non-hydrogen) atoms.